The number of benzene rings is 2. The number of nitrogens with one attached hydrogen (secondary N) is 1. The van der Waals surface area contributed by atoms with Crippen LogP contribution in [0.5, 0.6) is 5.75 Å². The van der Waals surface area contributed by atoms with Crippen LogP contribution in [0.1, 0.15) is 5.56 Å². The highest BCUT2D eigenvalue weighted by Gasteiger charge is 2.10. The third kappa shape index (κ3) is 4.99. The van der Waals surface area contributed by atoms with E-state index in [2.05, 4.69) is 5.32 Å². The fraction of sp³-hybridized carbons (Fsp3) is 0.250. The molecule has 0 aliphatic carbocycles. The van der Waals surface area contributed by atoms with E-state index in [4.69, 9.17) is 16.3 Å². The Labute approximate surface area is 127 Å². The van der Waals surface area contributed by atoms with Gasteiger partial charge in [0, 0.05) is 17.1 Å². The summed E-state index contributed by atoms with van der Waals surface area (Å²) >= 11 is 5.88. The van der Waals surface area contributed by atoms with E-state index in [1.165, 1.54) is 12.1 Å². The van der Waals surface area contributed by atoms with Crippen molar-refractivity contribution in [3.05, 3.63) is 64.7 Å². The predicted octanol–water partition coefficient (Wildman–Crippen LogP) is 3.83. The first-order chi connectivity index (χ1) is 10.1. The average Bonchev–Trinajstić information content (AvgIpc) is 2.42. The Bertz CT molecular complexity index is 586. The van der Waals surface area contributed by atoms with Gasteiger partial charge in [-0.3, -0.25) is 0 Å². The molecule has 1 unspecified atom stereocenters. The van der Waals surface area contributed by atoms with Crippen molar-refractivity contribution in [3.63, 3.8) is 0 Å². The van der Waals surface area contributed by atoms with Gasteiger partial charge in [0.1, 0.15) is 24.0 Å². The van der Waals surface area contributed by atoms with Crippen LogP contribution >= 0.6 is 11.6 Å². The summed E-state index contributed by atoms with van der Waals surface area (Å²) in [7, 11) is 1.78. The summed E-state index contributed by atoms with van der Waals surface area (Å²) < 4.78 is 32.0. The molecular formula is C16H16ClF2NO. The van der Waals surface area contributed by atoms with Gasteiger partial charge < -0.3 is 10.1 Å². The maximum atomic E-state index is 13.2. The number of hydrogen-bond donors (Lipinski definition) is 1. The summed E-state index contributed by atoms with van der Waals surface area (Å²) in [5.74, 6) is -0.487. The fourth-order valence-electron chi connectivity index (χ4n) is 2.01. The fourth-order valence-corrected chi connectivity index (χ4v) is 2.19. The highest BCUT2D eigenvalue weighted by molar-refractivity contribution is 6.30. The predicted molar refractivity (Wildman–Crippen MR) is 79.9 cm³/mol. The van der Waals surface area contributed by atoms with Gasteiger partial charge in [0.2, 0.25) is 0 Å². The average molecular weight is 312 g/mol. The summed E-state index contributed by atoms with van der Waals surface area (Å²) in [6, 6.07) is 10.5. The zero-order valence-corrected chi connectivity index (χ0v) is 12.3. The highest BCUT2D eigenvalue weighted by atomic mass is 35.5. The van der Waals surface area contributed by atoms with Crippen molar-refractivity contribution < 1.29 is 13.5 Å². The monoisotopic (exact) mass is 311 g/mol. The molecule has 112 valence electrons. The van der Waals surface area contributed by atoms with Crippen molar-refractivity contribution in [2.45, 2.75) is 12.5 Å². The zero-order valence-electron chi connectivity index (χ0n) is 11.6. The molecule has 2 rings (SSSR count). The van der Waals surface area contributed by atoms with Crippen molar-refractivity contribution in [3.8, 4) is 5.75 Å². The molecule has 2 aromatic rings. The van der Waals surface area contributed by atoms with E-state index in [1.54, 1.807) is 31.3 Å². The number of halogens is 3. The third-order valence-corrected chi connectivity index (χ3v) is 3.30. The van der Waals surface area contributed by atoms with Gasteiger partial charge in [-0.1, -0.05) is 17.7 Å². The highest BCUT2D eigenvalue weighted by Crippen LogP contribution is 2.17. The molecule has 0 radical (unpaired) electrons. The van der Waals surface area contributed by atoms with Crippen molar-refractivity contribution in [1.82, 2.24) is 5.32 Å². The second-order valence-corrected chi connectivity index (χ2v) is 5.17. The van der Waals surface area contributed by atoms with Crippen LogP contribution < -0.4 is 10.1 Å². The molecule has 0 spiro atoms. The molecule has 0 aromatic heterocycles. The van der Waals surface area contributed by atoms with E-state index in [1.807, 2.05) is 0 Å². The molecule has 0 amide bonds. The van der Waals surface area contributed by atoms with E-state index in [0.717, 1.165) is 6.07 Å². The Kier molecular flexibility index (Phi) is 5.53. The largest absolute Gasteiger partial charge is 0.492 e. The smallest absolute Gasteiger partial charge is 0.126 e. The first-order valence-corrected chi connectivity index (χ1v) is 6.95. The third-order valence-electron chi connectivity index (χ3n) is 3.06. The first-order valence-electron chi connectivity index (χ1n) is 6.57. The molecule has 1 atom stereocenters. The van der Waals surface area contributed by atoms with E-state index in [0.29, 0.717) is 29.4 Å². The van der Waals surface area contributed by atoms with Crippen molar-refractivity contribution in [1.29, 1.82) is 0 Å². The molecule has 0 aliphatic heterocycles. The molecule has 5 heteroatoms. The van der Waals surface area contributed by atoms with Crippen molar-refractivity contribution >= 4 is 11.6 Å². The van der Waals surface area contributed by atoms with Crippen LogP contribution in [0.3, 0.4) is 0 Å². The van der Waals surface area contributed by atoms with Gasteiger partial charge in [-0.2, -0.15) is 0 Å². The number of likely N-dealkylation sites (N-methyl/N-ethyl adjacent to an activating group) is 1. The van der Waals surface area contributed by atoms with Gasteiger partial charge in [-0.05, 0) is 49.4 Å². The molecule has 0 saturated carbocycles. The van der Waals surface area contributed by atoms with E-state index < -0.39 is 11.6 Å². The van der Waals surface area contributed by atoms with Crippen LogP contribution in [0.4, 0.5) is 8.78 Å². The molecule has 2 aromatic carbocycles. The van der Waals surface area contributed by atoms with Gasteiger partial charge in [0.15, 0.2) is 0 Å². The van der Waals surface area contributed by atoms with Crippen molar-refractivity contribution in [2.75, 3.05) is 13.7 Å². The number of hydrogen-bond acceptors (Lipinski definition) is 2. The molecule has 21 heavy (non-hydrogen) atoms. The molecule has 0 saturated heterocycles. The van der Waals surface area contributed by atoms with E-state index in [9.17, 15) is 8.78 Å². The lowest BCUT2D eigenvalue weighted by Gasteiger charge is -2.17. The van der Waals surface area contributed by atoms with E-state index in [-0.39, 0.29) is 6.04 Å². The minimum atomic E-state index is -0.574. The van der Waals surface area contributed by atoms with Gasteiger partial charge in [0.05, 0.1) is 0 Å². The van der Waals surface area contributed by atoms with Gasteiger partial charge >= 0.3 is 0 Å². The van der Waals surface area contributed by atoms with Crippen LogP contribution in [0.15, 0.2) is 42.5 Å². The quantitative estimate of drug-likeness (QED) is 0.875. The molecular weight excluding hydrogens is 296 g/mol. The maximum absolute atomic E-state index is 13.2. The van der Waals surface area contributed by atoms with Gasteiger partial charge in [0.25, 0.3) is 0 Å². The summed E-state index contributed by atoms with van der Waals surface area (Å²) in [6.45, 7) is 0.370. The van der Waals surface area contributed by atoms with Crippen LogP contribution in [0.25, 0.3) is 0 Å². The van der Waals surface area contributed by atoms with Crippen LogP contribution in [-0.2, 0) is 6.42 Å². The van der Waals surface area contributed by atoms with Gasteiger partial charge in [-0.15, -0.1) is 0 Å². The molecule has 1 N–H and O–H groups in total. The zero-order chi connectivity index (χ0) is 15.2. The van der Waals surface area contributed by atoms with Gasteiger partial charge in [-0.25, -0.2) is 8.78 Å². The van der Waals surface area contributed by atoms with Crippen LogP contribution in [0.2, 0.25) is 5.02 Å². The first kappa shape index (κ1) is 15.7. The number of ether oxygens (including phenoxy) is 1. The topological polar surface area (TPSA) is 21.3 Å². The lowest BCUT2D eigenvalue weighted by molar-refractivity contribution is 0.269. The lowest BCUT2D eigenvalue weighted by Crippen LogP contribution is -2.33. The Morgan fingerprint density at radius 1 is 1.14 bits per heavy atom. The minimum Gasteiger partial charge on any atom is -0.492 e. The van der Waals surface area contributed by atoms with Crippen LogP contribution in [-0.4, -0.2) is 19.7 Å². The second kappa shape index (κ2) is 7.38. The Morgan fingerprint density at radius 3 is 2.48 bits per heavy atom. The molecule has 0 aliphatic rings. The Morgan fingerprint density at radius 2 is 1.86 bits per heavy atom. The molecule has 0 bridgehead atoms. The Hall–Kier alpha value is -1.65. The molecule has 2 nitrogen and oxygen atoms in total. The lowest BCUT2D eigenvalue weighted by atomic mass is 10.1. The summed E-state index contributed by atoms with van der Waals surface area (Å²) in [6.07, 6.45) is 0.464. The Balaban J connectivity index is 1.96. The summed E-state index contributed by atoms with van der Waals surface area (Å²) in [4.78, 5) is 0. The number of rotatable bonds is 6. The summed E-state index contributed by atoms with van der Waals surface area (Å²) in [5.41, 5.74) is 0.585. The normalized spacial score (nSPS) is 12.2. The maximum Gasteiger partial charge on any atom is 0.126 e. The van der Waals surface area contributed by atoms with E-state index >= 15 is 0 Å². The molecule has 0 fully saturated rings. The molecule has 0 heterocycles. The second-order valence-electron chi connectivity index (χ2n) is 4.74. The van der Waals surface area contributed by atoms with Crippen LogP contribution in [0, 0.1) is 11.6 Å². The standard InChI is InChI=1S/C16H16ClF2NO/c1-20-15(7-11-5-13(18)9-14(19)6-11)10-21-16-4-2-3-12(17)8-16/h2-6,8-9,15,20H,7,10H2,1H3. The minimum absolute atomic E-state index is 0.0646. The van der Waals surface area contributed by atoms with Crippen molar-refractivity contribution in [2.24, 2.45) is 0 Å². The summed E-state index contributed by atoms with van der Waals surface area (Å²) in [5, 5.41) is 3.67. The SMILES string of the molecule is CNC(COc1cccc(Cl)c1)Cc1cc(F)cc(F)c1.